The van der Waals surface area contributed by atoms with Crippen LogP contribution in [0.25, 0.3) is 0 Å². The van der Waals surface area contributed by atoms with Gasteiger partial charge in [-0.1, -0.05) is 0 Å². The zero-order chi connectivity index (χ0) is 13.8. The summed E-state index contributed by atoms with van der Waals surface area (Å²) >= 11 is 0. The number of anilines is 1. The SMILES string of the molecule is CNC1CCC(Nc2ccc([N+](=O)[O-])cc2F)CC1. The number of halogens is 1. The molecule has 0 unspecified atom stereocenters. The molecule has 2 rings (SSSR count). The number of hydrogen-bond donors (Lipinski definition) is 2. The summed E-state index contributed by atoms with van der Waals surface area (Å²) in [6.07, 6.45) is 4.06. The van der Waals surface area contributed by atoms with Crippen LogP contribution in [0.1, 0.15) is 25.7 Å². The van der Waals surface area contributed by atoms with Crippen LogP contribution in [0.15, 0.2) is 18.2 Å². The highest BCUT2D eigenvalue weighted by Crippen LogP contribution is 2.25. The quantitative estimate of drug-likeness (QED) is 0.650. The van der Waals surface area contributed by atoms with Crippen molar-refractivity contribution in [2.24, 2.45) is 0 Å². The predicted octanol–water partition coefficient (Wildman–Crippen LogP) is 2.68. The van der Waals surface area contributed by atoms with E-state index in [0.29, 0.717) is 11.7 Å². The van der Waals surface area contributed by atoms with Crippen molar-refractivity contribution in [3.8, 4) is 0 Å². The van der Waals surface area contributed by atoms with E-state index >= 15 is 0 Å². The van der Waals surface area contributed by atoms with E-state index in [1.807, 2.05) is 7.05 Å². The van der Waals surface area contributed by atoms with Crippen molar-refractivity contribution in [2.45, 2.75) is 37.8 Å². The molecule has 0 spiro atoms. The molecule has 0 aliphatic heterocycles. The number of nitrogens with zero attached hydrogens (tertiary/aromatic N) is 1. The molecule has 5 nitrogen and oxygen atoms in total. The van der Waals surface area contributed by atoms with Crippen molar-refractivity contribution in [3.05, 3.63) is 34.1 Å². The van der Waals surface area contributed by atoms with Crippen LogP contribution in [0.2, 0.25) is 0 Å². The van der Waals surface area contributed by atoms with Gasteiger partial charge < -0.3 is 10.6 Å². The van der Waals surface area contributed by atoms with Gasteiger partial charge in [-0.05, 0) is 38.8 Å². The lowest BCUT2D eigenvalue weighted by Crippen LogP contribution is -2.35. The summed E-state index contributed by atoms with van der Waals surface area (Å²) in [6, 6.07) is 4.50. The lowest BCUT2D eigenvalue weighted by molar-refractivity contribution is -0.385. The average Bonchev–Trinajstić information content (AvgIpc) is 2.41. The molecule has 104 valence electrons. The van der Waals surface area contributed by atoms with Crippen LogP contribution in [0.3, 0.4) is 0 Å². The zero-order valence-electron chi connectivity index (χ0n) is 10.9. The Morgan fingerprint density at radius 3 is 2.42 bits per heavy atom. The Kier molecular flexibility index (Phi) is 4.31. The molecule has 0 amide bonds. The van der Waals surface area contributed by atoms with Crippen molar-refractivity contribution in [3.63, 3.8) is 0 Å². The fourth-order valence-electron chi connectivity index (χ4n) is 2.48. The fourth-order valence-corrected chi connectivity index (χ4v) is 2.48. The van der Waals surface area contributed by atoms with Crippen LogP contribution in [-0.2, 0) is 0 Å². The lowest BCUT2D eigenvalue weighted by atomic mass is 9.91. The van der Waals surface area contributed by atoms with Crippen LogP contribution in [-0.4, -0.2) is 24.1 Å². The van der Waals surface area contributed by atoms with Crippen LogP contribution >= 0.6 is 0 Å². The first-order valence-electron chi connectivity index (χ1n) is 6.48. The first-order valence-corrected chi connectivity index (χ1v) is 6.48. The van der Waals surface area contributed by atoms with Gasteiger partial charge in [-0.25, -0.2) is 4.39 Å². The third-order valence-corrected chi connectivity index (χ3v) is 3.66. The number of nitro benzene ring substituents is 1. The smallest absolute Gasteiger partial charge is 0.272 e. The van der Waals surface area contributed by atoms with Gasteiger partial charge in [0.1, 0.15) is 0 Å². The predicted molar refractivity (Wildman–Crippen MR) is 71.8 cm³/mol. The Bertz CT molecular complexity index is 459. The Labute approximate surface area is 111 Å². The Morgan fingerprint density at radius 1 is 1.26 bits per heavy atom. The normalized spacial score (nSPS) is 23.1. The van der Waals surface area contributed by atoms with Crippen LogP contribution < -0.4 is 10.6 Å². The molecular formula is C13H18FN3O2. The third kappa shape index (κ3) is 3.41. The van der Waals surface area contributed by atoms with Crippen molar-refractivity contribution in [1.82, 2.24) is 5.32 Å². The minimum Gasteiger partial charge on any atom is -0.380 e. The largest absolute Gasteiger partial charge is 0.380 e. The van der Waals surface area contributed by atoms with Crippen molar-refractivity contribution in [2.75, 3.05) is 12.4 Å². The molecule has 0 bridgehead atoms. The molecule has 0 atom stereocenters. The summed E-state index contributed by atoms with van der Waals surface area (Å²) in [5, 5.41) is 16.9. The minimum absolute atomic E-state index is 0.220. The molecule has 19 heavy (non-hydrogen) atoms. The second-order valence-corrected chi connectivity index (χ2v) is 4.90. The first-order chi connectivity index (χ1) is 9.10. The van der Waals surface area contributed by atoms with E-state index in [9.17, 15) is 14.5 Å². The van der Waals surface area contributed by atoms with Crippen LogP contribution in [0, 0.1) is 15.9 Å². The molecule has 2 N–H and O–H groups in total. The number of rotatable bonds is 4. The maximum atomic E-state index is 13.7. The molecule has 1 saturated carbocycles. The average molecular weight is 267 g/mol. The maximum absolute atomic E-state index is 13.7. The van der Waals surface area contributed by atoms with E-state index in [1.165, 1.54) is 12.1 Å². The van der Waals surface area contributed by atoms with Gasteiger partial charge in [-0.3, -0.25) is 10.1 Å². The summed E-state index contributed by atoms with van der Waals surface area (Å²) in [6.45, 7) is 0. The van der Waals surface area contributed by atoms with Gasteiger partial charge in [0, 0.05) is 18.2 Å². The molecule has 0 aromatic heterocycles. The van der Waals surface area contributed by atoms with Gasteiger partial charge in [0.15, 0.2) is 5.82 Å². The summed E-state index contributed by atoms with van der Waals surface area (Å²) in [4.78, 5) is 9.94. The summed E-state index contributed by atoms with van der Waals surface area (Å²) in [5.41, 5.74) is 0.125. The van der Waals surface area contributed by atoms with Gasteiger partial charge in [0.05, 0.1) is 16.7 Å². The van der Waals surface area contributed by atoms with E-state index in [2.05, 4.69) is 10.6 Å². The molecular weight excluding hydrogens is 249 g/mol. The van der Waals surface area contributed by atoms with E-state index in [4.69, 9.17) is 0 Å². The highest BCUT2D eigenvalue weighted by molar-refractivity contribution is 5.50. The molecule has 0 heterocycles. The number of non-ortho nitro benzene ring substituents is 1. The topological polar surface area (TPSA) is 67.2 Å². The number of nitrogens with one attached hydrogen (secondary N) is 2. The standard InChI is InChI=1S/C13H18FN3O2/c1-15-9-2-4-10(5-3-9)16-13-7-6-11(17(18)19)8-12(13)14/h6-10,15-16H,2-5H2,1H3. The molecule has 1 aromatic rings. The molecule has 0 radical (unpaired) electrons. The van der Waals surface area contributed by atoms with Gasteiger partial charge in [0.25, 0.3) is 5.69 Å². The second-order valence-electron chi connectivity index (χ2n) is 4.90. The van der Waals surface area contributed by atoms with E-state index in [0.717, 1.165) is 31.7 Å². The highest BCUT2D eigenvalue weighted by Gasteiger charge is 2.21. The van der Waals surface area contributed by atoms with Crippen molar-refractivity contribution >= 4 is 11.4 Å². The molecule has 1 fully saturated rings. The Morgan fingerprint density at radius 2 is 1.89 bits per heavy atom. The van der Waals surface area contributed by atoms with Gasteiger partial charge >= 0.3 is 0 Å². The molecule has 1 aliphatic carbocycles. The van der Waals surface area contributed by atoms with Crippen molar-refractivity contribution in [1.29, 1.82) is 0 Å². The molecule has 1 aromatic carbocycles. The summed E-state index contributed by atoms with van der Waals surface area (Å²) in [5.74, 6) is -0.565. The van der Waals surface area contributed by atoms with Gasteiger partial charge in [-0.2, -0.15) is 0 Å². The van der Waals surface area contributed by atoms with E-state index in [-0.39, 0.29) is 11.7 Å². The van der Waals surface area contributed by atoms with Gasteiger partial charge in [0.2, 0.25) is 0 Å². The zero-order valence-corrected chi connectivity index (χ0v) is 10.9. The fraction of sp³-hybridized carbons (Fsp3) is 0.538. The van der Waals surface area contributed by atoms with Gasteiger partial charge in [-0.15, -0.1) is 0 Å². The first kappa shape index (κ1) is 13.7. The molecule has 1 aliphatic rings. The number of hydrogen-bond acceptors (Lipinski definition) is 4. The Hall–Kier alpha value is -1.69. The van der Waals surface area contributed by atoms with Crippen molar-refractivity contribution < 1.29 is 9.31 Å². The number of nitro groups is 1. The summed E-state index contributed by atoms with van der Waals surface area (Å²) < 4.78 is 13.7. The third-order valence-electron chi connectivity index (χ3n) is 3.66. The van der Waals surface area contributed by atoms with E-state index < -0.39 is 10.7 Å². The number of benzene rings is 1. The highest BCUT2D eigenvalue weighted by atomic mass is 19.1. The Balaban J connectivity index is 1.98. The second kappa shape index (κ2) is 5.97. The summed E-state index contributed by atoms with van der Waals surface area (Å²) in [7, 11) is 1.95. The minimum atomic E-state index is -0.592. The molecule has 0 saturated heterocycles. The maximum Gasteiger partial charge on any atom is 0.272 e. The van der Waals surface area contributed by atoms with E-state index in [1.54, 1.807) is 0 Å². The molecule has 6 heteroatoms. The van der Waals surface area contributed by atoms with Crippen LogP contribution in [0.4, 0.5) is 15.8 Å². The van der Waals surface area contributed by atoms with Crippen LogP contribution in [0.5, 0.6) is 0 Å². The lowest BCUT2D eigenvalue weighted by Gasteiger charge is -2.29. The monoisotopic (exact) mass is 267 g/mol.